The molecular formula is C8H10N2O5S. The number of amides is 1. The van der Waals surface area contributed by atoms with Gasteiger partial charge in [0.05, 0.1) is 6.54 Å². The zero-order valence-electron chi connectivity index (χ0n) is 8.19. The summed E-state index contributed by atoms with van der Waals surface area (Å²) in [5.41, 5.74) is 0.599. The predicted molar refractivity (Wildman–Crippen MR) is 55.2 cm³/mol. The van der Waals surface area contributed by atoms with Gasteiger partial charge in [0.15, 0.2) is 0 Å². The van der Waals surface area contributed by atoms with E-state index in [1.54, 1.807) is 5.38 Å². The minimum atomic E-state index is -1.13. The van der Waals surface area contributed by atoms with Gasteiger partial charge < -0.3 is 20.1 Å². The molecule has 1 heterocycles. The van der Waals surface area contributed by atoms with Crippen molar-refractivity contribution in [2.45, 2.75) is 6.54 Å². The Hall–Kier alpha value is -1.67. The fourth-order valence-electron chi connectivity index (χ4n) is 0.876. The predicted octanol–water partition coefficient (Wildman–Crippen LogP) is -0.846. The molecule has 0 fully saturated rings. The Kier molecular flexibility index (Phi) is 4.67. The van der Waals surface area contributed by atoms with E-state index in [9.17, 15) is 14.4 Å². The molecular weight excluding hydrogens is 236 g/mol. The van der Waals surface area contributed by atoms with Crippen molar-refractivity contribution in [1.82, 2.24) is 10.3 Å². The Labute approximate surface area is 94.1 Å². The molecule has 0 aromatic carbocycles. The number of thiazole rings is 1. The zero-order chi connectivity index (χ0) is 12.0. The van der Waals surface area contributed by atoms with Crippen LogP contribution in [0.25, 0.3) is 0 Å². The van der Waals surface area contributed by atoms with Crippen molar-refractivity contribution < 1.29 is 19.4 Å². The number of nitrogens with one attached hydrogen (secondary N) is 2. The standard InChI is InChI=1S/C8H10N2O5S/c11-6(2-15-3-7(12)13)9-1-5-4-16-8(14)10-5/h4H,1-3H2,(H,9,11)(H,10,14)(H,12,13). The summed E-state index contributed by atoms with van der Waals surface area (Å²) in [5.74, 6) is -1.57. The van der Waals surface area contributed by atoms with Crippen molar-refractivity contribution in [1.29, 1.82) is 0 Å². The van der Waals surface area contributed by atoms with Crippen LogP contribution in [0.1, 0.15) is 5.69 Å². The molecule has 0 atom stereocenters. The fraction of sp³-hybridized carbons (Fsp3) is 0.375. The lowest BCUT2D eigenvalue weighted by molar-refractivity contribution is -0.143. The molecule has 0 aliphatic rings. The molecule has 1 aromatic rings. The average Bonchev–Trinajstić information content (AvgIpc) is 2.61. The van der Waals surface area contributed by atoms with E-state index >= 15 is 0 Å². The molecule has 8 heteroatoms. The van der Waals surface area contributed by atoms with E-state index < -0.39 is 18.5 Å². The molecule has 0 aliphatic carbocycles. The van der Waals surface area contributed by atoms with E-state index in [-0.39, 0.29) is 18.0 Å². The first-order chi connectivity index (χ1) is 7.58. The number of carbonyl (C=O) groups excluding carboxylic acids is 1. The lowest BCUT2D eigenvalue weighted by Gasteiger charge is -2.03. The first-order valence-corrected chi connectivity index (χ1v) is 5.19. The quantitative estimate of drug-likeness (QED) is 0.606. The largest absolute Gasteiger partial charge is 0.480 e. The highest BCUT2D eigenvalue weighted by Gasteiger charge is 2.04. The van der Waals surface area contributed by atoms with Gasteiger partial charge in [0, 0.05) is 11.1 Å². The first kappa shape index (κ1) is 12.4. The molecule has 0 unspecified atom stereocenters. The number of carboxylic acid groups (broad SMARTS) is 1. The fourth-order valence-corrected chi connectivity index (χ4v) is 1.46. The molecule has 0 spiro atoms. The average molecular weight is 246 g/mol. The molecule has 0 aliphatic heterocycles. The van der Waals surface area contributed by atoms with Crippen LogP contribution >= 0.6 is 11.3 Å². The summed E-state index contributed by atoms with van der Waals surface area (Å²) in [5, 5.41) is 12.3. The van der Waals surface area contributed by atoms with Crippen LogP contribution < -0.4 is 10.2 Å². The lowest BCUT2D eigenvalue weighted by Crippen LogP contribution is -2.28. The van der Waals surface area contributed by atoms with Gasteiger partial charge in [-0.05, 0) is 0 Å². The summed E-state index contributed by atoms with van der Waals surface area (Å²) < 4.78 is 4.57. The maximum Gasteiger partial charge on any atom is 0.329 e. The molecule has 1 rings (SSSR count). The Bertz CT molecular complexity index is 424. The zero-order valence-corrected chi connectivity index (χ0v) is 9.00. The normalized spacial score (nSPS) is 10.0. The molecule has 1 aromatic heterocycles. The molecule has 0 saturated carbocycles. The van der Waals surface area contributed by atoms with Gasteiger partial charge in [-0.15, -0.1) is 0 Å². The van der Waals surface area contributed by atoms with Crippen LogP contribution in [-0.2, 0) is 20.9 Å². The first-order valence-electron chi connectivity index (χ1n) is 4.31. The number of rotatable bonds is 6. The van der Waals surface area contributed by atoms with Crippen LogP contribution in [0.3, 0.4) is 0 Å². The molecule has 1 amide bonds. The second-order valence-corrected chi connectivity index (χ2v) is 3.68. The second kappa shape index (κ2) is 6.03. The third-order valence-electron chi connectivity index (χ3n) is 1.51. The van der Waals surface area contributed by atoms with Crippen molar-refractivity contribution in [2.75, 3.05) is 13.2 Å². The van der Waals surface area contributed by atoms with Crippen LogP contribution in [0.15, 0.2) is 10.2 Å². The summed E-state index contributed by atoms with van der Waals surface area (Å²) in [7, 11) is 0. The summed E-state index contributed by atoms with van der Waals surface area (Å²) >= 11 is 1.01. The third kappa shape index (κ3) is 4.71. The van der Waals surface area contributed by atoms with Gasteiger partial charge in [-0.2, -0.15) is 0 Å². The van der Waals surface area contributed by atoms with Crippen molar-refractivity contribution in [3.63, 3.8) is 0 Å². The number of carbonyl (C=O) groups is 2. The van der Waals surface area contributed by atoms with Crippen molar-refractivity contribution in [3.8, 4) is 0 Å². The van der Waals surface area contributed by atoms with Crippen LogP contribution in [0, 0.1) is 0 Å². The summed E-state index contributed by atoms with van der Waals surface area (Å²) in [6, 6.07) is 0. The van der Waals surface area contributed by atoms with Gasteiger partial charge in [-0.25, -0.2) is 4.79 Å². The topological polar surface area (TPSA) is 108 Å². The smallest absolute Gasteiger partial charge is 0.329 e. The van der Waals surface area contributed by atoms with Crippen LogP contribution in [-0.4, -0.2) is 35.2 Å². The number of H-pyrrole nitrogens is 1. The van der Waals surface area contributed by atoms with Gasteiger partial charge in [0.2, 0.25) is 5.91 Å². The number of hydrogen-bond acceptors (Lipinski definition) is 5. The van der Waals surface area contributed by atoms with Gasteiger partial charge in [-0.1, -0.05) is 11.3 Å². The van der Waals surface area contributed by atoms with E-state index in [0.29, 0.717) is 5.69 Å². The van der Waals surface area contributed by atoms with E-state index in [1.807, 2.05) is 0 Å². The molecule has 3 N–H and O–H groups in total. The van der Waals surface area contributed by atoms with Crippen molar-refractivity contribution in [3.05, 3.63) is 20.7 Å². The number of aliphatic carboxylic acids is 1. The maximum atomic E-state index is 11.1. The number of carboxylic acids is 1. The third-order valence-corrected chi connectivity index (χ3v) is 2.22. The van der Waals surface area contributed by atoms with Gasteiger partial charge in [-0.3, -0.25) is 9.59 Å². The van der Waals surface area contributed by atoms with Crippen molar-refractivity contribution >= 4 is 23.2 Å². The van der Waals surface area contributed by atoms with E-state index in [1.165, 1.54) is 0 Å². The monoisotopic (exact) mass is 246 g/mol. The van der Waals surface area contributed by atoms with E-state index in [0.717, 1.165) is 11.3 Å². The summed E-state index contributed by atoms with van der Waals surface area (Å²) in [6.45, 7) is -0.641. The highest BCUT2D eigenvalue weighted by atomic mass is 32.1. The van der Waals surface area contributed by atoms with E-state index in [2.05, 4.69) is 15.0 Å². The van der Waals surface area contributed by atoms with Gasteiger partial charge in [0.1, 0.15) is 13.2 Å². The van der Waals surface area contributed by atoms with Gasteiger partial charge >= 0.3 is 10.8 Å². The number of hydrogen-bond donors (Lipinski definition) is 3. The highest BCUT2D eigenvalue weighted by Crippen LogP contribution is 1.94. The molecule has 16 heavy (non-hydrogen) atoms. The van der Waals surface area contributed by atoms with Gasteiger partial charge in [0.25, 0.3) is 0 Å². The number of aromatic amines is 1. The van der Waals surface area contributed by atoms with E-state index in [4.69, 9.17) is 5.11 Å². The molecule has 0 saturated heterocycles. The molecule has 88 valence electrons. The highest BCUT2D eigenvalue weighted by molar-refractivity contribution is 7.07. The Balaban J connectivity index is 2.20. The molecule has 0 radical (unpaired) electrons. The minimum absolute atomic E-state index is 0.188. The summed E-state index contributed by atoms with van der Waals surface area (Å²) in [6.07, 6.45) is 0. The van der Waals surface area contributed by atoms with Crippen LogP contribution in [0.2, 0.25) is 0 Å². The Morgan fingerprint density at radius 1 is 1.50 bits per heavy atom. The molecule has 7 nitrogen and oxygen atoms in total. The van der Waals surface area contributed by atoms with Crippen molar-refractivity contribution in [2.24, 2.45) is 0 Å². The minimum Gasteiger partial charge on any atom is -0.480 e. The SMILES string of the molecule is O=C(O)COCC(=O)NCc1csc(=O)[nH]1. The number of ether oxygens (including phenoxy) is 1. The van der Waals surface area contributed by atoms with Crippen LogP contribution in [0.4, 0.5) is 0 Å². The second-order valence-electron chi connectivity index (χ2n) is 2.84. The molecule has 0 bridgehead atoms. The lowest BCUT2D eigenvalue weighted by atomic mass is 10.5. The number of aromatic nitrogens is 1. The summed E-state index contributed by atoms with van der Waals surface area (Å²) in [4.78, 5) is 34.2. The Morgan fingerprint density at radius 2 is 2.25 bits per heavy atom. The maximum absolute atomic E-state index is 11.1. The Morgan fingerprint density at radius 3 is 2.81 bits per heavy atom. The van der Waals surface area contributed by atoms with Crippen LogP contribution in [0.5, 0.6) is 0 Å².